The highest BCUT2D eigenvalue weighted by atomic mass is 16.5. The molecule has 106 valence electrons. The molecule has 2 aromatic carbocycles. The molecule has 4 heteroatoms. The van der Waals surface area contributed by atoms with E-state index < -0.39 is 5.97 Å². The number of hydrogen-bond acceptors (Lipinski definition) is 3. The highest BCUT2D eigenvalue weighted by Gasteiger charge is 2.07. The van der Waals surface area contributed by atoms with Gasteiger partial charge < -0.3 is 9.84 Å². The molecule has 0 amide bonds. The topological polar surface area (TPSA) is 63.6 Å². The quantitative estimate of drug-likeness (QED) is 0.653. The van der Waals surface area contributed by atoms with Crippen LogP contribution in [0.5, 0.6) is 5.75 Å². The van der Waals surface area contributed by atoms with Crippen molar-refractivity contribution < 1.29 is 19.4 Å². The average Bonchev–Trinajstić information content (AvgIpc) is 2.52. The second-order valence-corrected chi connectivity index (χ2v) is 4.27. The second-order valence-electron chi connectivity index (χ2n) is 4.27. The van der Waals surface area contributed by atoms with Gasteiger partial charge in [0.15, 0.2) is 5.78 Å². The van der Waals surface area contributed by atoms with Crippen LogP contribution in [0.1, 0.15) is 15.9 Å². The Morgan fingerprint density at radius 3 is 2.19 bits per heavy atom. The Labute approximate surface area is 122 Å². The van der Waals surface area contributed by atoms with E-state index in [9.17, 15) is 9.59 Å². The van der Waals surface area contributed by atoms with Crippen LogP contribution in [-0.4, -0.2) is 23.5 Å². The van der Waals surface area contributed by atoms with Gasteiger partial charge in [-0.25, -0.2) is 4.79 Å². The summed E-state index contributed by atoms with van der Waals surface area (Å²) in [5, 5.41) is 8.44. The summed E-state index contributed by atoms with van der Waals surface area (Å²) in [5.74, 6) is -0.482. The normalized spacial score (nSPS) is 10.5. The Hall–Kier alpha value is -2.88. The van der Waals surface area contributed by atoms with E-state index in [0.717, 1.165) is 6.08 Å². The van der Waals surface area contributed by atoms with Crippen molar-refractivity contribution >= 4 is 11.8 Å². The van der Waals surface area contributed by atoms with Crippen molar-refractivity contribution in [2.24, 2.45) is 0 Å². The van der Waals surface area contributed by atoms with Gasteiger partial charge in [-0.05, 0) is 30.3 Å². The maximum atomic E-state index is 12.2. The fraction of sp³-hybridized carbons (Fsp3) is 0.0588. The standard InChI is InChI=1S/C17H14O4/c18-16(19)7-4-12-21-15-10-8-14(9-11-15)17(20)13-5-2-1-3-6-13/h1-11H,12H2,(H,18,19). The monoisotopic (exact) mass is 282 g/mol. The highest BCUT2D eigenvalue weighted by Crippen LogP contribution is 2.15. The Morgan fingerprint density at radius 1 is 0.952 bits per heavy atom. The lowest BCUT2D eigenvalue weighted by Crippen LogP contribution is -2.01. The maximum Gasteiger partial charge on any atom is 0.328 e. The first-order valence-electron chi connectivity index (χ1n) is 6.39. The third-order valence-corrected chi connectivity index (χ3v) is 2.76. The summed E-state index contributed by atoms with van der Waals surface area (Å²) in [6.07, 6.45) is 2.43. The molecule has 0 aromatic heterocycles. The van der Waals surface area contributed by atoms with Crippen LogP contribution >= 0.6 is 0 Å². The Morgan fingerprint density at radius 2 is 1.57 bits per heavy atom. The van der Waals surface area contributed by atoms with Crippen LogP contribution in [0.25, 0.3) is 0 Å². The maximum absolute atomic E-state index is 12.2. The van der Waals surface area contributed by atoms with Crippen molar-refractivity contribution in [2.75, 3.05) is 6.61 Å². The predicted molar refractivity (Wildman–Crippen MR) is 78.6 cm³/mol. The first kappa shape index (κ1) is 14.5. The van der Waals surface area contributed by atoms with E-state index in [1.54, 1.807) is 36.4 Å². The molecular weight excluding hydrogens is 268 g/mol. The van der Waals surface area contributed by atoms with Gasteiger partial charge in [-0.1, -0.05) is 30.3 Å². The molecule has 4 nitrogen and oxygen atoms in total. The van der Waals surface area contributed by atoms with Crippen LogP contribution in [-0.2, 0) is 4.79 Å². The minimum atomic E-state index is -1.01. The molecule has 0 aliphatic heterocycles. The van der Waals surface area contributed by atoms with Crippen molar-refractivity contribution in [1.82, 2.24) is 0 Å². The SMILES string of the molecule is O=C(O)C=CCOc1ccc(C(=O)c2ccccc2)cc1. The molecule has 0 spiro atoms. The smallest absolute Gasteiger partial charge is 0.328 e. The van der Waals surface area contributed by atoms with Gasteiger partial charge in [0.05, 0.1) is 0 Å². The van der Waals surface area contributed by atoms with Crippen LogP contribution in [0.15, 0.2) is 66.7 Å². The van der Waals surface area contributed by atoms with Gasteiger partial charge in [0.25, 0.3) is 0 Å². The molecule has 0 aliphatic rings. The van der Waals surface area contributed by atoms with Gasteiger partial charge in [0, 0.05) is 17.2 Å². The molecule has 2 rings (SSSR count). The molecule has 0 heterocycles. The Balaban J connectivity index is 1.99. The minimum absolute atomic E-state index is 0.0482. The van der Waals surface area contributed by atoms with Crippen LogP contribution in [0.4, 0.5) is 0 Å². The van der Waals surface area contributed by atoms with E-state index in [4.69, 9.17) is 9.84 Å². The van der Waals surface area contributed by atoms with Gasteiger partial charge in [-0.15, -0.1) is 0 Å². The fourth-order valence-corrected chi connectivity index (χ4v) is 1.75. The zero-order valence-electron chi connectivity index (χ0n) is 11.2. The van der Waals surface area contributed by atoms with Crippen LogP contribution in [0.3, 0.4) is 0 Å². The first-order chi connectivity index (χ1) is 10.2. The molecule has 21 heavy (non-hydrogen) atoms. The summed E-state index contributed by atoms with van der Waals surface area (Å²) in [7, 11) is 0. The molecule has 1 N–H and O–H groups in total. The number of carbonyl (C=O) groups excluding carboxylic acids is 1. The number of carboxylic acid groups (broad SMARTS) is 1. The number of ether oxygens (including phenoxy) is 1. The van der Waals surface area contributed by atoms with Crippen molar-refractivity contribution in [3.05, 3.63) is 77.9 Å². The predicted octanol–water partition coefficient (Wildman–Crippen LogP) is 2.94. The van der Waals surface area contributed by atoms with Crippen molar-refractivity contribution in [3.63, 3.8) is 0 Å². The van der Waals surface area contributed by atoms with Crippen LogP contribution < -0.4 is 4.74 Å². The molecule has 0 saturated heterocycles. The van der Waals surface area contributed by atoms with Crippen molar-refractivity contribution in [2.45, 2.75) is 0 Å². The van der Waals surface area contributed by atoms with E-state index >= 15 is 0 Å². The molecule has 0 atom stereocenters. The Kier molecular flexibility index (Phi) is 4.88. The number of aliphatic carboxylic acids is 1. The molecule has 0 radical (unpaired) electrons. The number of rotatable bonds is 6. The van der Waals surface area contributed by atoms with E-state index in [0.29, 0.717) is 16.9 Å². The summed E-state index contributed by atoms with van der Waals surface area (Å²) in [5.41, 5.74) is 1.21. The summed E-state index contributed by atoms with van der Waals surface area (Å²) in [6.45, 7) is 0.165. The molecule has 2 aromatic rings. The molecule has 0 unspecified atom stereocenters. The van der Waals surface area contributed by atoms with E-state index in [1.165, 1.54) is 6.08 Å². The summed E-state index contributed by atoms with van der Waals surface area (Å²) < 4.78 is 5.34. The van der Waals surface area contributed by atoms with Gasteiger partial charge >= 0.3 is 5.97 Å². The lowest BCUT2D eigenvalue weighted by molar-refractivity contribution is -0.131. The van der Waals surface area contributed by atoms with E-state index in [2.05, 4.69) is 0 Å². The fourth-order valence-electron chi connectivity index (χ4n) is 1.75. The lowest BCUT2D eigenvalue weighted by Gasteiger charge is -2.05. The third kappa shape index (κ3) is 4.31. The number of hydrogen-bond donors (Lipinski definition) is 1. The summed E-state index contributed by atoms with van der Waals surface area (Å²) in [4.78, 5) is 22.5. The first-order valence-corrected chi connectivity index (χ1v) is 6.39. The van der Waals surface area contributed by atoms with Crippen LogP contribution in [0, 0.1) is 0 Å². The third-order valence-electron chi connectivity index (χ3n) is 2.76. The van der Waals surface area contributed by atoms with Gasteiger partial charge in [0.2, 0.25) is 0 Å². The molecular formula is C17H14O4. The number of ketones is 1. The van der Waals surface area contributed by atoms with Crippen molar-refractivity contribution in [1.29, 1.82) is 0 Å². The summed E-state index contributed by atoms with van der Waals surface area (Å²) in [6, 6.07) is 15.8. The van der Waals surface area contributed by atoms with Crippen LogP contribution in [0.2, 0.25) is 0 Å². The lowest BCUT2D eigenvalue weighted by atomic mass is 10.0. The van der Waals surface area contributed by atoms with E-state index in [1.807, 2.05) is 18.2 Å². The Bertz CT molecular complexity index is 642. The van der Waals surface area contributed by atoms with Crippen molar-refractivity contribution in [3.8, 4) is 5.75 Å². The number of carboxylic acids is 1. The number of benzene rings is 2. The molecule has 0 fully saturated rings. The zero-order chi connectivity index (χ0) is 15.1. The number of carbonyl (C=O) groups is 2. The second kappa shape index (κ2) is 7.05. The van der Waals surface area contributed by atoms with Gasteiger partial charge in [0.1, 0.15) is 12.4 Å². The molecule has 0 saturated carbocycles. The van der Waals surface area contributed by atoms with Gasteiger partial charge in [-0.3, -0.25) is 4.79 Å². The highest BCUT2D eigenvalue weighted by molar-refractivity contribution is 6.08. The van der Waals surface area contributed by atoms with E-state index in [-0.39, 0.29) is 12.4 Å². The van der Waals surface area contributed by atoms with Gasteiger partial charge in [-0.2, -0.15) is 0 Å². The summed E-state index contributed by atoms with van der Waals surface area (Å²) >= 11 is 0. The zero-order valence-corrected chi connectivity index (χ0v) is 11.2. The largest absolute Gasteiger partial charge is 0.490 e. The average molecular weight is 282 g/mol. The molecule has 0 aliphatic carbocycles. The minimum Gasteiger partial charge on any atom is -0.490 e. The molecule has 0 bridgehead atoms.